The average molecular weight is 817 g/mol. The lowest BCUT2D eigenvalue weighted by atomic mass is 9.47. The van der Waals surface area contributed by atoms with Gasteiger partial charge in [-0.25, -0.2) is 0 Å². The quantitative estimate of drug-likeness (QED) is 0.151. The topological polar surface area (TPSA) is 55.4 Å². The molecular formula is C54H72O6. The zero-order valence-electron chi connectivity index (χ0n) is 37.1. The molecule has 0 radical (unpaired) electrons. The van der Waals surface area contributed by atoms with Gasteiger partial charge in [0.2, 0.25) is 0 Å². The molecule has 6 heteroatoms. The van der Waals surface area contributed by atoms with Crippen molar-refractivity contribution in [3.05, 3.63) is 119 Å². The first kappa shape index (κ1) is 42.5. The molecule has 2 heterocycles. The molecule has 0 N–H and O–H groups in total. The molecule has 324 valence electrons. The third-order valence-corrected chi connectivity index (χ3v) is 16.5. The Kier molecular flexibility index (Phi) is 13.1. The number of benzene rings is 3. The molecule has 6 aliphatic rings. The monoisotopic (exact) mass is 817 g/mol. The van der Waals surface area contributed by atoms with Crippen LogP contribution in [-0.4, -0.2) is 43.4 Å². The first-order valence-corrected chi connectivity index (χ1v) is 23.8. The van der Waals surface area contributed by atoms with Gasteiger partial charge in [0.15, 0.2) is 12.6 Å². The Balaban J connectivity index is 0.929. The van der Waals surface area contributed by atoms with Crippen LogP contribution in [-0.2, 0) is 41.6 Å². The van der Waals surface area contributed by atoms with Gasteiger partial charge in [-0.15, -0.1) is 0 Å². The zero-order chi connectivity index (χ0) is 41.3. The summed E-state index contributed by atoms with van der Waals surface area (Å²) in [4.78, 5) is 0. The fraction of sp³-hybridized carbons (Fsp3) is 0.630. The molecule has 5 fully saturated rings. The SMILES string of the molecule is CC(C)CCC[C@@H](C)[C@H]1CC[C@H]2[C@@H]3CC=C4C[C@@H](OC5O[C@@H]6COC(c7ccccc7)O[C@@H]6[C@H](OCc6ccccc6)[C@H]5OCc5ccccc5)CC[C@]4(C)[C@H]3CC[C@]12C. The highest BCUT2D eigenvalue weighted by molar-refractivity contribution is 5.26. The Bertz CT molecular complexity index is 1850. The smallest absolute Gasteiger partial charge is 0.187 e. The maximum absolute atomic E-state index is 7.20. The lowest BCUT2D eigenvalue weighted by molar-refractivity contribution is -0.377. The second-order valence-corrected chi connectivity index (χ2v) is 20.5. The molecular weight excluding hydrogens is 745 g/mol. The Morgan fingerprint density at radius 3 is 2.10 bits per heavy atom. The average Bonchev–Trinajstić information content (AvgIpc) is 3.63. The van der Waals surface area contributed by atoms with E-state index in [1.54, 1.807) is 5.57 Å². The molecule has 2 unspecified atom stereocenters. The van der Waals surface area contributed by atoms with Crippen LogP contribution in [0.2, 0.25) is 0 Å². The third-order valence-electron chi connectivity index (χ3n) is 16.5. The van der Waals surface area contributed by atoms with Crippen molar-refractivity contribution in [1.82, 2.24) is 0 Å². The van der Waals surface area contributed by atoms with Crippen LogP contribution >= 0.6 is 0 Å². The van der Waals surface area contributed by atoms with Gasteiger partial charge in [0, 0.05) is 5.56 Å². The minimum atomic E-state index is -0.629. The molecule has 4 aliphatic carbocycles. The number of hydrogen-bond acceptors (Lipinski definition) is 6. The second-order valence-electron chi connectivity index (χ2n) is 20.5. The Morgan fingerprint density at radius 1 is 0.717 bits per heavy atom. The summed E-state index contributed by atoms with van der Waals surface area (Å²) in [5, 5.41) is 0. The van der Waals surface area contributed by atoms with Gasteiger partial charge in [-0.3, -0.25) is 0 Å². The lowest BCUT2D eigenvalue weighted by Crippen LogP contribution is -2.64. The van der Waals surface area contributed by atoms with Crippen LogP contribution in [0.1, 0.15) is 128 Å². The minimum Gasteiger partial charge on any atom is -0.368 e. The van der Waals surface area contributed by atoms with E-state index in [1.165, 1.54) is 51.4 Å². The maximum Gasteiger partial charge on any atom is 0.187 e. The molecule has 3 aromatic rings. The van der Waals surface area contributed by atoms with E-state index < -0.39 is 30.9 Å². The molecule has 0 bridgehead atoms. The van der Waals surface area contributed by atoms with Crippen LogP contribution in [0.3, 0.4) is 0 Å². The molecule has 3 saturated carbocycles. The highest BCUT2D eigenvalue weighted by atomic mass is 16.8. The van der Waals surface area contributed by atoms with E-state index in [0.29, 0.717) is 25.2 Å². The summed E-state index contributed by atoms with van der Waals surface area (Å²) in [7, 11) is 0. The standard InChI is InChI=1S/C54H72O6/c1-36(2)16-15-17-37(3)44-26-27-45-43-25-24-41-32-42(28-30-53(41,4)46(43)29-31-54(44,45)5)58-52-50(56-34-39-20-11-7-12-21-39)49(55-33-38-18-9-6-10-19-38)48-47(59-52)35-57-51(60-48)40-22-13-8-14-23-40/h6-14,18-24,36-37,42-52H,15-17,25-35H2,1-5H3/t37-,42+,43+,44-,45+,46+,47-,48+,49+,50-,51?,52?,53+,54-/m1/s1. The number of rotatable bonds is 14. The lowest BCUT2D eigenvalue weighted by Gasteiger charge is -2.58. The van der Waals surface area contributed by atoms with E-state index in [2.05, 4.69) is 101 Å². The van der Waals surface area contributed by atoms with Crippen molar-refractivity contribution >= 4 is 0 Å². The summed E-state index contributed by atoms with van der Waals surface area (Å²) >= 11 is 0. The van der Waals surface area contributed by atoms with Gasteiger partial charge < -0.3 is 28.4 Å². The molecule has 6 nitrogen and oxygen atoms in total. The molecule has 3 aromatic carbocycles. The van der Waals surface area contributed by atoms with Crippen molar-refractivity contribution < 1.29 is 28.4 Å². The van der Waals surface area contributed by atoms with Crippen molar-refractivity contribution in [2.24, 2.45) is 46.3 Å². The Hall–Kier alpha value is -2.84. The van der Waals surface area contributed by atoms with Crippen LogP contribution < -0.4 is 0 Å². The summed E-state index contributed by atoms with van der Waals surface area (Å²) in [6, 6.07) is 30.9. The molecule has 2 aliphatic heterocycles. The van der Waals surface area contributed by atoms with Crippen LogP contribution in [0.25, 0.3) is 0 Å². The minimum absolute atomic E-state index is 0.0407. The van der Waals surface area contributed by atoms with E-state index in [4.69, 9.17) is 28.4 Å². The number of ether oxygens (including phenoxy) is 6. The maximum atomic E-state index is 7.20. The third kappa shape index (κ3) is 8.73. The van der Waals surface area contributed by atoms with Crippen LogP contribution in [0.15, 0.2) is 103 Å². The fourth-order valence-electron chi connectivity index (χ4n) is 13.3. The predicted molar refractivity (Wildman–Crippen MR) is 237 cm³/mol. The van der Waals surface area contributed by atoms with Crippen LogP contribution in [0, 0.1) is 46.3 Å². The number of hydrogen-bond donors (Lipinski definition) is 0. The van der Waals surface area contributed by atoms with Gasteiger partial charge in [-0.2, -0.15) is 0 Å². The van der Waals surface area contributed by atoms with Crippen molar-refractivity contribution in [2.45, 2.75) is 162 Å². The summed E-state index contributed by atoms with van der Waals surface area (Å²) in [6.45, 7) is 13.9. The highest BCUT2D eigenvalue weighted by Crippen LogP contribution is 2.67. The van der Waals surface area contributed by atoms with Gasteiger partial charge in [0.05, 0.1) is 25.9 Å². The number of fused-ring (bicyclic) bond motifs is 6. The first-order valence-electron chi connectivity index (χ1n) is 23.8. The van der Waals surface area contributed by atoms with Crippen molar-refractivity contribution in [3.63, 3.8) is 0 Å². The van der Waals surface area contributed by atoms with Crippen molar-refractivity contribution in [3.8, 4) is 0 Å². The second kappa shape index (κ2) is 18.5. The van der Waals surface area contributed by atoms with Gasteiger partial charge in [0.1, 0.15) is 24.4 Å². The summed E-state index contributed by atoms with van der Waals surface area (Å²) in [5.74, 6) is 4.97. The van der Waals surface area contributed by atoms with Gasteiger partial charge in [-0.05, 0) is 109 Å². The molecule has 0 amide bonds. The van der Waals surface area contributed by atoms with E-state index in [0.717, 1.165) is 71.5 Å². The summed E-state index contributed by atoms with van der Waals surface area (Å²) in [5.41, 5.74) is 5.55. The Labute approximate surface area is 361 Å². The molecule has 60 heavy (non-hydrogen) atoms. The Morgan fingerprint density at radius 2 is 1.40 bits per heavy atom. The molecule has 0 spiro atoms. The molecule has 0 aromatic heterocycles. The highest BCUT2D eigenvalue weighted by Gasteiger charge is 2.60. The van der Waals surface area contributed by atoms with E-state index in [-0.39, 0.29) is 17.6 Å². The van der Waals surface area contributed by atoms with E-state index in [1.807, 2.05) is 30.3 Å². The van der Waals surface area contributed by atoms with Crippen molar-refractivity contribution in [1.29, 1.82) is 0 Å². The van der Waals surface area contributed by atoms with Gasteiger partial charge in [0.25, 0.3) is 0 Å². The molecule has 9 rings (SSSR count). The normalized spacial score (nSPS) is 38.0. The largest absolute Gasteiger partial charge is 0.368 e. The van der Waals surface area contributed by atoms with E-state index in [9.17, 15) is 0 Å². The first-order chi connectivity index (χ1) is 29.2. The zero-order valence-corrected chi connectivity index (χ0v) is 37.1. The van der Waals surface area contributed by atoms with E-state index >= 15 is 0 Å². The van der Waals surface area contributed by atoms with Crippen molar-refractivity contribution in [2.75, 3.05) is 6.61 Å². The van der Waals surface area contributed by atoms with Gasteiger partial charge >= 0.3 is 0 Å². The fourth-order valence-corrected chi connectivity index (χ4v) is 13.3. The summed E-state index contributed by atoms with van der Waals surface area (Å²) in [6.07, 6.45) is 14.0. The molecule has 14 atom stereocenters. The van der Waals surface area contributed by atoms with Gasteiger partial charge in [-0.1, -0.05) is 157 Å². The van der Waals surface area contributed by atoms with Crippen LogP contribution in [0.4, 0.5) is 0 Å². The van der Waals surface area contributed by atoms with Crippen LogP contribution in [0.5, 0.6) is 0 Å². The molecule has 2 saturated heterocycles. The predicted octanol–water partition coefficient (Wildman–Crippen LogP) is 12.4. The summed E-state index contributed by atoms with van der Waals surface area (Å²) < 4.78 is 41.1. The number of allylic oxidation sites excluding steroid dienone is 1.